The summed E-state index contributed by atoms with van der Waals surface area (Å²) in [5.74, 6) is -0.176. The number of aromatic amines is 2. The molecular formula is C28H24FN9O3S. The first kappa shape index (κ1) is 27.1. The second-order valence-corrected chi connectivity index (χ2v) is 11.5. The van der Waals surface area contributed by atoms with Crippen molar-refractivity contribution in [2.24, 2.45) is 0 Å². The number of nitrogens with zero attached hydrogens (tertiary/aromatic N) is 5. The molecule has 5 aromatic heterocycles. The number of aromatic nitrogens is 7. The van der Waals surface area contributed by atoms with E-state index in [1.807, 2.05) is 6.07 Å². The minimum atomic E-state index is -3.45. The Kier molecular flexibility index (Phi) is 6.92. The van der Waals surface area contributed by atoms with Gasteiger partial charge in [0.1, 0.15) is 11.5 Å². The summed E-state index contributed by atoms with van der Waals surface area (Å²) in [6.07, 6.45) is 9.48. The minimum Gasteiger partial charge on any atom is -0.335 e. The van der Waals surface area contributed by atoms with Crippen molar-refractivity contribution in [3.8, 4) is 33.9 Å². The van der Waals surface area contributed by atoms with Crippen LogP contribution >= 0.6 is 0 Å². The number of carbonyl (C=O) groups excluding carboxylic acids is 1. The fourth-order valence-corrected chi connectivity index (χ4v) is 4.96. The van der Waals surface area contributed by atoms with E-state index in [0.29, 0.717) is 68.1 Å². The van der Waals surface area contributed by atoms with Crippen LogP contribution < -0.4 is 10.0 Å². The van der Waals surface area contributed by atoms with Crippen LogP contribution in [0.5, 0.6) is 0 Å². The van der Waals surface area contributed by atoms with Gasteiger partial charge in [0.15, 0.2) is 5.82 Å². The van der Waals surface area contributed by atoms with E-state index in [1.165, 1.54) is 12.1 Å². The summed E-state index contributed by atoms with van der Waals surface area (Å²) in [4.78, 5) is 32.9. The van der Waals surface area contributed by atoms with Gasteiger partial charge in [0.05, 0.1) is 52.8 Å². The van der Waals surface area contributed by atoms with Crippen LogP contribution in [0.15, 0.2) is 61.3 Å². The quantitative estimate of drug-likeness (QED) is 0.206. The summed E-state index contributed by atoms with van der Waals surface area (Å²) in [7, 11) is -3.45. The number of amides is 1. The Hall–Kier alpha value is -5.08. The number of sulfonamides is 1. The Morgan fingerprint density at radius 1 is 0.976 bits per heavy atom. The van der Waals surface area contributed by atoms with Gasteiger partial charge in [-0.15, -0.1) is 0 Å². The number of rotatable bonds is 8. The molecule has 0 spiro atoms. The van der Waals surface area contributed by atoms with Gasteiger partial charge in [-0.3, -0.25) is 24.8 Å². The average Bonchev–Trinajstić information content (AvgIpc) is 3.59. The van der Waals surface area contributed by atoms with Gasteiger partial charge in [0, 0.05) is 41.9 Å². The predicted octanol–water partition coefficient (Wildman–Crippen LogP) is 4.16. The molecule has 0 radical (unpaired) electrons. The van der Waals surface area contributed by atoms with Crippen LogP contribution in [-0.4, -0.2) is 55.7 Å². The van der Waals surface area contributed by atoms with Crippen LogP contribution in [0.1, 0.15) is 18.9 Å². The number of nitrogens with one attached hydrogen (secondary N) is 4. The Balaban J connectivity index is 1.39. The van der Waals surface area contributed by atoms with Crippen molar-refractivity contribution in [2.45, 2.75) is 19.9 Å². The van der Waals surface area contributed by atoms with E-state index < -0.39 is 15.8 Å². The normalized spacial score (nSPS) is 11.8. The topological polar surface area (TPSA) is 171 Å². The van der Waals surface area contributed by atoms with E-state index in [0.717, 1.165) is 11.6 Å². The number of hydrogen-bond donors (Lipinski definition) is 4. The molecule has 0 saturated heterocycles. The second kappa shape index (κ2) is 10.7. The van der Waals surface area contributed by atoms with E-state index in [9.17, 15) is 17.6 Å². The van der Waals surface area contributed by atoms with Crippen molar-refractivity contribution < 1.29 is 17.6 Å². The third kappa shape index (κ3) is 5.57. The second-order valence-electron chi connectivity index (χ2n) is 9.66. The first-order valence-electron chi connectivity index (χ1n) is 12.8. The SMILES string of the molecule is CCC(=O)Nc1cncc(-c2cc3c(-c4nc5c(-c6cc(F)cc(CNS(C)(=O)=O)c6)cncc5[nH]4)n[nH]c3cn2)c1. The summed E-state index contributed by atoms with van der Waals surface area (Å²) in [6.45, 7) is 1.71. The lowest BCUT2D eigenvalue weighted by Crippen LogP contribution is -2.21. The van der Waals surface area contributed by atoms with Crippen LogP contribution in [0, 0.1) is 5.82 Å². The maximum atomic E-state index is 14.5. The van der Waals surface area contributed by atoms with Gasteiger partial charge in [0.2, 0.25) is 15.9 Å². The molecule has 0 unspecified atom stereocenters. The number of imidazole rings is 1. The third-order valence-corrected chi connectivity index (χ3v) is 7.18. The lowest BCUT2D eigenvalue weighted by molar-refractivity contribution is -0.115. The van der Waals surface area contributed by atoms with Gasteiger partial charge in [-0.25, -0.2) is 22.5 Å². The largest absolute Gasteiger partial charge is 0.335 e. The predicted molar refractivity (Wildman–Crippen MR) is 156 cm³/mol. The number of benzene rings is 1. The fraction of sp³-hybridized carbons (Fsp3) is 0.143. The number of hydrogen-bond acceptors (Lipinski definition) is 8. The number of halogens is 1. The number of fused-ring (bicyclic) bond motifs is 2. The highest BCUT2D eigenvalue weighted by Crippen LogP contribution is 2.33. The molecule has 0 atom stereocenters. The van der Waals surface area contributed by atoms with Crippen LogP contribution in [-0.2, 0) is 21.4 Å². The van der Waals surface area contributed by atoms with Crippen molar-refractivity contribution in [1.82, 2.24) is 39.8 Å². The molecule has 0 fully saturated rings. The van der Waals surface area contributed by atoms with E-state index in [2.05, 4.69) is 40.2 Å². The zero-order valence-electron chi connectivity index (χ0n) is 22.4. The van der Waals surface area contributed by atoms with Gasteiger partial charge in [0.25, 0.3) is 0 Å². The highest BCUT2D eigenvalue weighted by molar-refractivity contribution is 7.88. The Morgan fingerprint density at radius 3 is 2.62 bits per heavy atom. The summed E-state index contributed by atoms with van der Waals surface area (Å²) >= 11 is 0. The fourth-order valence-electron chi connectivity index (χ4n) is 4.53. The molecule has 0 aliphatic carbocycles. The number of carbonyl (C=O) groups is 1. The van der Waals surface area contributed by atoms with Crippen molar-refractivity contribution in [1.29, 1.82) is 0 Å². The van der Waals surface area contributed by atoms with Crippen LogP contribution in [0.4, 0.5) is 10.1 Å². The third-order valence-electron chi connectivity index (χ3n) is 6.51. The lowest BCUT2D eigenvalue weighted by atomic mass is 10.0. The van der Waals surface area contributed by atoms with Gasteiger partial charge in [-0.1, -0.05) is 6.92 Å². The smallest absolute Gasteiger partial charge is 0.224 e. The van der Waals surface area contributed by atoms with E-state index >= 15 is 0 Å². The monoisotopic (exact) mass is 585 g/mol. The zero-order valence-corrected chi connectivity index (χ0v) is 23.3. The molecule has 1 aromatic carbocycles. The summed E-state index contributed by atoms with van der Waals surface area (Å²) in [5, 5.41) is 11.0. The Bertz CT molecular complexity index is 2090. The first-order chi connectivity index (χ1) is 20.2. The maximum Gasteiger partial charge on any atom is 0.224 e. The molecule has 42 heavy (non-hydrogen) atoms. The molecule has 14 heteroatoms. The summed E-state index contributed by atoms with van der Waals surface area (Å²) in [6, 6.07) is 7.97. The molecule has 0 aliphatic heterocycles. The van der Waals surface area contributed by atoms with Crippen molar-refractivity contribution >= 4 is 43.6 Å². The molecule has 4 N–H and O–H groups in total. The number of anilines is 1. The molecule has 6 aromatic rings. The van der Waals surface area contributed by atoms with Crippen LogP contribution in [0.2, 0.25) is 0 Å². The number of pyridine rings is 3. The number of H-pyrrole nitrogens is 2. The van der Waals surface area contributed by atoms with E-state index in [4.69, 9.17) is 4.98 Å². The summed E-state index contributed by atoms with van der Waals surface area (Å²) < 4.78 is 40.0. The average molecular weight is 586 g/mol. The van der Waals surface area contributed by atoms with Gasteiger partial charge < -0.3 is 10.3 Å². The molecule has 1 amide bonds. The highest BCUT2D eigenvalue weighted by atomic mass is 32.2. The minimum absolute atomic E-state index is 0.0577. The van der Waals surface area contributed by atoms with Crippen molar-refractivity contribution in [3.05, 3.63) is 72.7 Å². The molecule has 6 rings (SSSR count). The molecule has 0 bridgehead atoms. The Morgan fingerprint density at radius 2 is 1.81 bits per heavy atom. The van der Waals surface area contributed by atoms with Crippen molar-refractivity contribution in [2.75, 3.05) is 11.6 Å². The zero-order chi connectivity index (χ0) is 29.4. The molecular weight excluding hydrogens is 561 g/mol. The maximum absolute atomic E-state index is 14.5. The van der Waals surface area contributed by atoms with Crippen LogP contribution in [0.3, 0.4) is 0 Å². The molecule has 212 valence electrons. The molecule has 0 saturated carbocycles. The van der Waals surface area contributed by atoms with E-state index in [-0.39, 0.29) is 12.5 Å². The Labute approximate surface area is 238 Å². The lowest BCUT2D eigenvalue weighted by Gasteiger charge is -2.07. The highest BCUT2D eigenvalue weighted by Gasteiger charge is 2.18. The van der Waals surface area contributed by atoms with Gasteiger partial charge in [-0.2, -0.15) is 5.10 Å². The van der Waals surface area contributed by atoms with E-state index in [1.54, 1.807) is 50.0 Å². The summed E-state index contributed by atoms with van der Waals surface area (Å²) in [5.41, 5.74) is 5.79. The molecule has 5 heterocycles. The standard InChI is InChI=1S/C28H24FN9O3S/c1-3-25(39)34-19-7-17(10-30-11-19)22-8-20-23(14-32-22)37-38-27(20)28-35-24-13-31-12-21(26(24)36-28)16-4-15(5-18(29)6-16)9-33-42(2,40)41/h4-8,10-14,33H,3,9H2,1-2H3,(H,34,39)(H,35,36)(H,37,38). The molecule has 0 aliphatic rings. The van der Waals surface area contributed by atoms with Gasteiger partial charge in [-0.05, 0) is 41.5 Å². The molecule has 12 nitrogen and oxygen atoms in total. The van der Waals surface area contributed by atoms with Gasteiger partial charge >= 0.3 is 0 Å². The first-order valence-corrected chi connectivity index (χ1v) is 14.7. The van der Waals surface area contributed by atoms with Crippen LogP contribution in [0.25, 0.3) is 55.8 Å². The van der Waals surface area contributed by atoms with Crippen molar-refractivity contribution in [3.63, 3.8) is 0 Å².